The van der Waals surface area contributed by atoms with Crippen LogP contribution in [0.4, 0.5) is 5.69 Å². The van der Waals surface area contributed by atoms with Gasteiger partial charge < -0.3 is 9.84 Å². The molecule has 2 N–H and O–H groups in total. The summed E-state index contributed by atoms with van der Waals surface area (Å²) in [6.07, 6.45) is 0. The van der Waals surface area contributed by atoms with Gasteiger partial charge in [-0.1, -0.05) is 65.7 Å². The SMILES string of the molecule is COc1cc#cc(-c2ccccc2)c1NS(=O)(=O)c1cc(Cl)cc(Cl)c1O. The Kier molecular flexibility index (Phi) is 5.38. The van der Waals surface area contributed by atoms with Crippen molar-refractivity contribution in [1.82, 2.24) is 0 Å². The van der Waals surface area contributed by atoms with E-state index in [-0.39, 0.29) is 21.5 Å². The van der Waals surface area contributed by atoms with Gasteiger partial charge in [0.1, 0.15) is 10.6 Å². The molecule has 3 aromatic rings. The fraction of sp³-hybridized carbons (Fsp3) is 0.0526. The number of methoxy groups -OCH3 is 1. The molecule has 3 aromatic carbocycles. The van der Waals surface area contributed by atoms with E-state index in [1.807, 2.05) is 18.2 Å². The summed E-state index contributed by atoms with van der Waals surface area (Å²) in [5.74, 6) is -0.357. The first-order valence-corrected chi connectivity index (χ1v) is 9.84. The van der Waals surface area contributed by atoms with Crippen molar-refractivity contribution in [2.24, 2.45) is 0 Å². The number of ether oxygens (including phenoxy) is 1. The molecule has 0 amide bonds. The first kappa shape index (κ1) is 19.2. The van der Waals surface area contributed by atoms with Crippen molar-refractivity contribution in [2.75, 3.05) is 11.8 Å². The highest BCUT2D eigenvalue weighted by Gasteiger charge is 2.25. The van der Waals surface area contributed by atoms with Gasteiger partial charge in [-0.05, 0) is 17.7 Å². The lowest BCUT2D eigenvalue weighted by atomic mass is 10.1. The molecule has 0 radical (unpaired) electrons. The Hall–Kier alpha value is -2.59. The molecule has 0 spiro atoms. The van der Waals surface area contributed by atoms with Gasteiger partial charge in [0, 0.05) is 11.1 Å². The smallest absolute Gasteiger partial charge is 0.265 e. The van der Waals surface area contributed by atoms with Crippen molar-refractivity contribution in [1.29, 1.82) is 0 Å². The Bertz CT molecular complexity index is 1090. The average molecular weight is 422 g/mol. The third-order valence-electron chi connectivity index (χ3n) is 3.70. The first-order chi connectivity index (χ1) is 12.8. The van der Waals surface area contributed by atoms with Crippen LogP contribution in [-0.4, -0.2) is 20.6 Å². The number of aromatic hydroxyl groups is 1. The van der Waals surface area contributed by atoms with Gasteiger partial charge in [-0.3, -0.25) is 4.72 Å². The van der Waals surface area contributed by atoms with Gasteiger partial charge in [0.25, 0.3) is 10.0 Å². The van der Waals surface area contributed by atoms with E-state index < -0.39 is 20.7 Å². The molecule has 0 aliphatic heterocycles. The lowest BCUT2D eigenvalue weighted by Gasteiger charge is -2.15. The Labute approximate surface area is 167 Å². The molecule has 0 saturated carbocycles. The third-order valence-corrected chi connectivity index (χ3v) is 5.57. The Balaban J connectivity index is 2.15. The second-order valence-electron chi connectivity index (χ2n) is 5.44. The first-order valence-electron chi connectivity index (χ1n) is 7.60. The van der Waals surface area contributed by atoms with Gasteiger partial charge in [0.15, 0.2) is 11.5 Å². The molecule has 0 aliphatic carbocycles. The molecular weight excluding hydrogens is 409 g/mol. The summed E-state index contributed by atoms with van der Waals surface area (Å²) in [5.41, 5.74) is 1.29. The van der Waals surface area contributed by atoms with Crippen molar-refractivity contribution in [2.45, 2.75) is 4.90 Å². The highest BCUT2D eigenvalue weighted by molar-refractivity contribution is 7.92. The Morgan fingerprint density at radius 2 is 1.85 bits per heavy atom. The van der Waals surface area contributed by atoms with Crippen molar-refractivity contribution < 1.29 is 18.3 Å². The maximum atomic E-state index is 12.9. The quantitative estimate of drug-likeness (QED) is 0.621. The summed E-state index contributed by atoms with van der Waals surface area (Å²) in [4.78, 5) is -0.450. The summed E-state index contributed by atoms with van der Waals surface area (Å²) >= 11 is 11.7. The maximum Gasteiger partial charge on any atom is 0.265 e. The van der Waals surface area contributed by atoms with Crippen LogP contribution >= 0.6 is 23.2 Å². The van der Waals surface area contributed by atoms with E-state index in [9.17, 15) is 13.5 Å². The molecule has 8 heteroatoms. The zero-order valence-electron chi connectivity index (χ0n) is 14.0. The van der Waals surface area contributed by atoms with Crippen molar-refractivity contribution in [3.8, 4) is 22.6 Å². The van der Waals surface area contributed by atoms with E-state index in [1.165, 1.54) is 19.2 Å². The number of anilines is 1. The number of hydrogen-bond acceptors (Lipinski definition) is 4. The van der Waals surface area contributed by atoms with Crippen LogP contribution in [0.1, 0.15) is 0 Å². The zero-order valence-corrected chi connectivity index (χ0v) is 16.3. The van der Waals surface area contributed by atoms with E-state index in [4.69, 9.17) is 27.9 Å². The highest BCUT2D eigenvalue weighted by Crippen LogP contribution is 2.39. The van der Waals surface area contributed by atoms with Crippen molar-refractivity contribution in [3.05, 3.63) is 70.7 Å². The molecule has 0 unspecified atom stereocenters. The van der Waals surface area contributed by atoms with E-state index in [1.54, 1.807) is 12.1 Å². The monoisotopic (exact) mass is 421 g/mol. The van der Waals surface area contributed by atoms with Crippen LogP contribution in [0.15, 0.2) is 53.4 Å². The lowest BCUT2D eigenvalue weighted by Crippen LogP contribution is -2.14. The molecule has 27 heavy (non-hydrogen) atoms. The Morgan fingerprint density at radius 3 is 2.52 bits per heavy atom. The molecule has 0 bridgehead atoms. The van der Waals surface area contributed by atoms with Gasteiger partial charge in [0.05, 0.1) is 17.7 Å². The van der Waals surface area contributed by atoms with Crippen LogP contribution in [0.2, 0.25) is 10.0 Å². The van der Waals surface area contributed by atoms with Crippen molar-refractivity contribution in [3.63, 3.8) is 0 Å². The van der Waals surface area contributed by atoms with Gasteiger partial charge >= 0.3 is 0 Å². The van der Waals surface area contributed by atoms with Crippen molar-refractivity contribution >= 4 is 38.9 Å². The second-order valence-corrected chi connectivity index (χ2v) is 7.93. The predicted octanol–water partition coefficient (Wildman–Crippen LogP) is 4.78. The van der Waals surface area contributed by atoms with Gasteiger partial charge in [0.2, 0.25) is 0 Å². The highest BCUT2D eigenvalue weighted by atomic mass is 35.5. The Morgan fingerprint density at radius 1 is 1.15 bits per heavy atom. The van der Waals surface area contributed by atoms with Crippen LogP contribution in [0, 0.1) is 12.1 Å². The van der Waals surface area contributed by atoms with Crippen LogP contribution in [-0.2, 0) is 10.0 Å². The number of nitrogens with one attached hydrogen (secondary N) is 1. The van der Waals surface area contributed by atoms with E-state index in [2.05, 4.69) is 16.9 Å². The van der Waals surface area contributed by atoms with E-state index >= 15 is 0 Å². The zero-order chi connectivity index (χ0) is 19.6. The van der Waals surface area contributed by atoms with E-state index in [0.717, 1.165) is 6.07 Å². The van der Waals surface area contributed by atoms with Gasteiger partial charge in [-0.15, -0.1) is 0 Å². The molecule has 5 nitrogen and oxygen atoms in total. The molecule has 0 heterocycles. The molecule has 0 fully saturated rings. The van der Waals surface area contributed by atoms with Crippen LogP contribution in [0.25, 0.3) is 11.1 Å². The minimum atomic E-state index is -4.23. The fourth-order valence-electron chi connectivity index (χ4n) is 2.45. The fourth-order valence-corrected chi connectivity index (χ4v) is 4.29. The van der Waals surface area contributed by atoms with Crippen LogP contribution in [0.3, 0.4) is 0 Å². The topological polar surface area (TPSA) is 75.6 Å². The molecular formula is C19H13Cl2NO4S. The summed E-state index contributed by atoms with van der Waals surface area (Å²) < 4.78 is 33.5. The molecule has 138 valence electrons. The number of phenols is 1. The number of benzene rings is 2. The summed E-state index contributed by atoms with van der Waals surface area (Å²) in [5, 5.41) is 9.99. The summed E-state index contributed by atoms with van der Waals surface area (Å²) in [6.45, 7) is 0. The van der Waals surface area contributed by atoms with E-state index in [0.29, 0.717) is 11.1 Å². The third kappa shape index (κ3) is 3.91. The number of phenolic OH excluding ortho intramolecular Hbond substituents is 1. The number of halogens is 2. The molecule has 3 rings (SSSR count). The predicted molar refractivity (Wildman–Crippen MR) is 105 cm³/mol. The average Bonchev–Trinajstić information content (AvgIpc) is 2.65. The second kappa shape index (κ2) is 7.57. The number of hydrogen-bond donors (Lipinski definition) is 2. The van der Waals surface area contributed by atoms with Gasteiger partial charge in [-0.2, -0.15) is 0 Å². The minimum Gasteiger partial charge on any atom is -0.505 e. The van der Waals surface area contributed by atoms with Crippen LogP contribution < -0.4 is 9.46 Å². The molecule has 0 aromatic heterocycles. The molecule has 0 saturated heterocycles. The summed E-state index contributed by atoms with van der Waals surface area (Å²) in [6, 6.07) is 18.5. The van der Waals surface area contributed by atoms with Gasteiger partial charge in [-0.25, -0.2) is 8.42 Å². The molecule has 0 atom stereocenters. The number of sulfonamides is 1. The van der Waals surface area contributed by atoms with Crippen LogP contribution in [0.5, 0.6) is 11.5 Å². The standard InChI is InChI=1S/C19H13Cl2NO4S/c1-26-16-9-5-8-14(12-6-3-2-4-7-12)18(16)22-27(24,25)17-11-13(20)10-15(21)19(17)23/h2-4,6-7,9-11,22-23H,1H3. The minimum absolute atomic E-state index is 0.0707. The number of rotatable bonds is 5. The maximum absolute atomic E-state index is 12.9. The normalized spacial score (nSPS) is 10.9. The molecule has 0 aliphatic rings. The summed E-state index contributed by atoms with van der Waals surface area (Å²) in [7, 11) is -2.83. The lowest BCUT2D eigenvalue weighted by molar-refractivity contribution is 0.417. The largest absolute Gasteiger partial charge is 0.505 e.